The van der Waals surface area contributed by atoms with Crippen LogP contribution in [0, 0.1) is 23.6 Å². The average molecular weight is 1080 g/mol. The standard InChI is InChI=1S/C53H85FN6O16/c1-15-38-53(10,68)45(63)31(5)58(13)24-28(2)22-51(8,67)47(29(3)43(30(4)48(65)73-38)75-40-23-52(9,69-14)46(64)33(7)70-40)76-49-42(62)41(57(11)12)44(32(6)71-49)74-39(61)20-19-35-25-59(56-55-35)26-37-27-60(50(66)72-37)36-18-16-17-34(54)21-36/h16-18,21,25,28-33,37-38,40-47,49,62-64,67-68H,15,19-20,22-24,26-27H2,1-14H3/t28-,29+,30-,31-,32-,33+,37?,38-,40+,41-,42-,43+,44-,45-,46+,47-,49+,51-,52-,53-/m1/s1. The third-order valence-corrected chi connectivity index (χ3v) is 16.1. The number of cyclic esters (lactones) is 2. The number of hydrogen-bond donors (Lipinski definition) is 5. The number of anilines is 1. The van der Waals surface area contributed by atoms with Crippen LogP contribution in [0.15, 0.2) is 30.5 Å². The summed E-state index contributed by atoms with van der Waals surface area (Å²) in [5, 5.41) is 68.1. The highest BCUT2D eigenvalue weighted by molar-refractivity contribution is 5.89. The molecule has 4 saturated heterocycles. The van der Waals surface area contributed by atoms with E-state index < -0.39 is 138 Å². The van der Waals surface area contributed by atoms with Gasteiger partial charge < -0.3 is 73.2 Å². The summed E-state index contributed by atoms with van der Waals surface area (Å²) in [6.45, 7) is 17.6. The van der Waals surface area contributed by atoms with E-state index in [0.29, 0.717) is 17.9 Å². The largest absolute Gasteiger partial charge is 0.459 e. The second-order valence-electron chi connectivity index (χ2n) is 22.7. The van der Waals surface area contributed by atoms with Crippen molar-refractivity contribution in [3.05, 3.63) is 42.0 Å². The number of ether oxygens (including phenoxy) is 8. The molecule has 4 fully saturated rings. The number of benzene rings is 1. The number of aliphatic hydroxyl groups excluding tert-OH is 3. The minimum Gasteiger partial charge on any atom is -0.459 e. The van der Waals surface area contributed by atoms with Crippen LogP contribution >= 0.6 is 0 Å². The molecule has 2 aromatic rings. The molecule has 5 N–H and O–H groups in total. The molecule has 0 saturated carbocycles. The zero-order chi connectivity index (χ0) is 56.4. The van der Waals surface area contributed by atoms with Crippen LogP contribution in [0.1, 0.15) is 101 Å². The summed E-state index contributed by atoms with van der Waals surface area (Å²) >= 11 is 0. The van der Waals surface area contributed by atoms with E-state index in [0.717, 1.165) is 0 Å². The third kappa shape index (κ3) is 13.9. The molecule has 1 aromatic heterocycles. The second kappa shape index (κ2) is 25.0. The molecule has 6 rings (SSSR count). The molecule has 0 spiro atoms. The van der Waals surface area contributed by atoms with Gasteiger partial charge >= 0.3 is 18.0 Å². The third-order valence-electron chi connectivity index (χ3n) is 16.1. The Hall–Kier alpha value is -3.98. The molecule has 1 aromatic carbocycles. The number of esters is 2. The van der Waals surface area contributed by atoms with Gasteiger partial charge in [0.25, 0.3) is 0 Å². The second-order valence-corrected chi connectivity index (χ2v) is 22.7. The van der Waals surface area contributed by atoms with Gasteiger partial charge in [0.05, 0.1) is 78.5 Å². The molecule has 20 atom stereocenters. The van der Waals surface area contributed by atoms with Crippen molar-refractivity contribution in [2.45, 2.75) is 210 Å². The number of halogens is 1. The Balaban J connectivity index is 1.22. The molecule has 0 aliphatic carbocycles. The number of likely N-dealkylation sites (N-methyl/N-ethyl adjacent to an activating group) is 2. The van der Waals surface area contributed by atoms with Gasteiger partial charge in [0, 0.05) is 44.7 Å². The Labute approximate surface area is 445 Å². The highest BCUT2D eigenvalue weighted by Gasteiger charge is 2.54. The van der Waals surface area contributed by atoms with Crippen molar-refractivity contribution >= 4 is 23.7 Å². The number of aryl methyl sites for hydroxylation is 1. The van der Waals surface area contributed by atoms with Gasteiger partial charge in [-0.25, -0.2) is 13.9 Å². The summed E-state index contributed by atoms with van der Waals surface area (Å²) in [4.78, 5) is 45.6. The van der Waals surface area contributed by atoms with E-state index in [4.69, 9.17) is 37.9 Å². The maximum absolute atomic E-state index is 14.5. The Bertz CT molecular complexity index is 2260. The monoisotopic (exact) mass is 1080 g/mol. The van der Waals surface area contributed by atoms with Crippen LogP contribution in [0.2, 0.25) is 0 Å². The molecule has 1 amide bonds. The van der Waals surface area contributed by atoms with E-state index in [2.05, 4.69) is 10.3 Å². The summed E-state index contributed by atoms with van der Waals surface area (Å²) in [5.74, 6) is -4.17. The molecule has 76 heavy (non-hydrogen) atoms. The van der Waals surface area contributed by atoms with E-state index >= 15 is 0 Å². The molecule has 4 aliphatic heterocycles. The van der Waals surface area contributed by atoms with Crippen molar-refractivity contribution in [2.24, 2.45) is 17.8 Å². The first-order valence-electron chi connectivity index (χ1n) is 26.6. The molecule has 0 bridgehead atoms. The summed E-state index contributed by atoms with van der Waals surface area (Å²) in [6, 6.07) is 4.14. The van der Waals surface area contributed by atoms with E-state index in [-0.39, 0.29) is 51.1 Å². The molecule has 4 aliphatic rings. The number of hydrogen-bond acceptors (Lipinski definition) is 20. The first kappa shape index (κ1) is 61.2. The zero-order valence-electron chi connectivity index (χ0n) is 46.6. The molecule has 23 heteroatoms. The lowest BCUT2D eigenvalue weighted by Gasteiger charge is -2.50. The minimum atomic E-state index is -1.88. The van der Waals surface area contributed by atoms with Gasteiger partial charge in [-0.15, -0.1) is 5.10 Å². The highest BCUT2D eigenvalue weighted by atomic mass is 19.1. The summed E-state index contributed by atoms with van der Waals surface area (Å²) in [5.41, 5.74) is -3.89. The van der Waals surface area contributed by atoms with Gasteiger partial charge in [-0.3, -0.25) is 14.5 Å². The quantitative estimate of drug-likeness (QED) is 0.135. The lowest BCUT2D eigenvalue weighted by molar-refractivity contribution is -0.327. The van der Waals surface area contributed by atoms with E-state index in [9.17, 15) is 44.3 Å². The SMILES string of the molecule is CC[C@H]1OC(=O)[C@H](C)[C@@H](O[C@H]2C[C@@](C)(OC)[C@@H](O)[C@H](C)O2)[C@H](C)[C@@H](O[C@@H]2O[C@H](C)[C@@H](OC(=O)CCc3cn(CC4CN(c5cccc(F)c5)C(=O)O4)nn3)[C@H](N(C)C)[C@H]2O)[C@](C)(O)C[C@@H](C)CN(C)[C@H](C)[C@@H](O)[C@]1(C)O. The van der Waals surface area contributed by atoms with E-state index in [1.807, 2.05) is 11.8 Å². The summed E-state index contributed by atoms with van der Waals surface area (Å²) in [6.07, 6.45) is -11.7. The van der Waals surface area contributed by atoms with Gasteiger partial charge in [-0.2, -0.15) is 0 Å². The summed E-state index contributed by atoms with van der Waals surface area (Å²) in [7, 11) is 6.70. The maximum atomic E-state index is 14.5. The minimum absolute atomic E-state index is 0.0484. The van der Waals surface area contributed by atoms with Gasteiger partial charge in [0.15, 0.2) is 12.6 Å². The number of carbonyl (C=O) groups is 3. The molecule has 22 nitrogen and oxygen atoms in total. The molecule has 0 radical (unpaired) electrons. The number of aliphatic hydroxyl groups is 5. The van der Waals surface area contributed by atoms with Crippen LogP contribution in [-0.4, -0.2) is 212 Å². The van der Waals surface area contributed by atoms with E-state index in [1.165, 1.54) is 41.8 Å². The first-order chi connectivity index (χ1) is 35.5. The van der Waals surface area contributed by atoms with Crippen molar-refractivity contribution in [1.82, 2.24) is 24.8 Å². The van der Waals surface area contributed by atoms with Crippen LogP contribution in [-0.2, 0) is 60.4 Å². The molecule has 430 valence electrons. The molecular formula is C53H85FN6O16. The fourth-order valence-corrected chi connectivity index (χ4v) is 11.6. The number of nitrogens with zero attached hydrogens (tertiary/aromatic N) is 6. The highest BCUT2D eigenvalue weighted by Crippen LogP contribution is 2.41. The Morgan fingerprint density at radius 2 is 1.63 bits per heavy atom. The molecule has 5 heterocycles. The van der Waals surface area contributed by atoms with Crippen LogP contribution < -0.4 is 4.90 Å². The predicted molar refractivity (Wildman–Crippen MR) is 272 cm³/mol. The first-order valence-corrected chi connectivity index (χ1v) is 26.6. The fraction of sp³-hybridized carbons (Fsp3) is 0.792. The zero-order valence-corrected chi connectivity index (χ0v) is 46.6. The van der Waals surface area contributed by atoms with Crippen LogP contribution in [0.3, 0.4) is 0 Å². The predicted octanol–water partition coefficient (Wildman–Crippen LogP) is 2.81. The van der Waals surface area contributed by atoms with Gasteiger partial charge in [-0.1, -0.05) is 32.1 Å². The van der Waals surface area contributed by atoms with Crippen molar-refractivity contribution in [3.8, 4) is 0 Å². The van der Waals surface area contributed by atoms with E-state index in [1.54, 1.807) is 93.7 Å². The van der Waals surface area contributed by atoms with Crippen LogP contribution in [0.25, 0.3) is 0 Å². The van der Waals surface area contributed by atoms with Gasteiger partial charge in [-0.05, 0) is 107 Å². The number of aromatic nitrogens is 3. The van der Waals surface area contributed by atoms with Crippen molar-refractivity contribution < 1.29 is 82.2 Å². The maximum Gasteiger partial charge on any atom is 0.414 e. The van der Waals surface area contributed by atoms with Crippen LogP contribution in [0.4, 0.5) is 14.9 Å². The van der Waals surface area contributed by atoms with Crippen molar-refractivity contribution in [2.75, 3.05) is 46.2 Å². The van der Waals surface area contributed by atoms with Crippen molar-refractivity contribution in [1.29, 1.82) is 0 Å². The van der Waals surface area contributed by atoms with Gasteiger partial charge in [0.1, 0.15) is 48.0 Å². The van der Waals surface area contributed by atoms with Gasteiger partial charge in [0.2, 0.25) is 0 Å². The topological polar surface area (TPSA) is 267 Å². The van der Waals surface area contributed by atoms with Crippen LogP contribution in [0.5, 0.6) is 0 Å². The smallest absolute Gasteiger partial charge is 0.414 e. The number of methoxy groups -OCH3 is 1. The fourth-order valence-electron chi connectivity index (χ4n) is 11.6. The average Bonchev–Trinajstić information content (AvgIpc) is 3.97. The Morgan fingerprint density at radius 3 is 2.28 bits per heavy atom. The van der Waals surface area contributed by atoms with Crippen molar-refractivity contribution in [3.63, 3.8) is 0 Å². The lowest BCUT2D eigenvalue weighted by atomic mass is 9.77. The molecule has 1 unspecified atom stereocenters. The summed E-state index contributed by atoms with van der Waals surface area (Å²) < 4.78 is 65.0. The number of carbonyl (C=O) groups excluding carboxylic acids is 3. The number of rotatable bonds is 14. The Morgan fingerprint density at radius 1 is 0.934 bits per heavy atom. The number of amides is 1. The normalized spacial score (nSPS) is 40.5. The molecular weight excluding hydrogens is 996 g/mol. The lowest BCUT2D eigenvalue weighted by Crippen LogP contribution is -2.65. The Kier molecular flexibility index (Phi) is 20.1.